The molecule has 0 aliphatic carbocycles. The summed E-state index contributed by atoms with van der Waals surface area (Å²) in [6.07, 6.45) is 2.92. The van der Waals surface area contributed by atoms with E-state index < -0.39 is 17.6 Å². The summed E-state index contributed by atoms with van der Waals surface area (Å²) >= 11 is 14.2. The summed E-state index contributed by atoms with van der Waals surface area (Å²) in [5.74, 6) is 0.489. The van der Waals surface area contributed by atoms with E-state index in [-0.39, 0.29) is 17.2 Å². The molecule has 4 rings (SSSR count). The number of carbonyl (C=O) groups is 2. The number of fused-ring (bicyclic) bond motifs is 1. The molecule has 0 spiro atoms. The lowest BCUT2D eigenvalue weighted by Gasteiger charge is -2.38. The van der Waals surface area contributed by atoms with E-state index in [0.29, 0.717) is 22.4 Å². The van der Waals surface area contributed by atoms with Gasteiger partial charge in [0.2, 0.25) is 0 Å². The summed E-state index contributed by atoms with van der Waals surface area (Å²) in [6, 6.07) is 12.9. The summed E-state index contributed by atoms with van der Waals surface area (Å²) in [5, 5.41) is 5.40. The number of ether oxygens (including phenoxy) is 1. The van der Waals surface area contributed by atoms with Crippen molar-refractivity contribution in [3.8, 4) is 5.75 Å². The van der Waals surface area contributed by atoms with Crippen molar-refractivity contribution in [3.05, 3.63) is 66.1 Å². The Kier molecular flexibility index (Phi) is 8.11. The van der Waals surface area contributed by atoms with Crippen molar-refractivity contribution < 1.29 is 18.8 Å². The molecule has 1 aliphatic heterocycles. The maximum atomic E-state index is 13.0. The summed E-state index contributed by atoms with van der Waals surface area (Å²) in [7, 11) is 1.98. The molecule has 1 aliphatic rings. The number of quaternary nitrogens is 1. The largest absolute Gasteiger partial charge is 0.462 e. The number of hydrogen-bond donors (Lipinski definition) is 2. The molecular formula is C24H28Cl2N5O3S+. The van der Waals surface area contributed by atoms with Crippen LogP contribution >= 0.6 is 35.0 Å². The van der Waals surface area contributed by atoms with Crippen LogP contribution in [-0.2, 0) is 9.59 Å². The van der Waals surface area contributed by atoms with Crippen molar-refractivity contribution in [2.75, 3.05) is 32.4 Å². The fourth-order valence-electron chi connectivity index (χ4n) is 3.97. The van der Waals surface area contributed by atoms with E-state index in [1.165, 1.54) is 0 Å². The number of aryl methyl sites for hydroxylation is 1. The molecule has 35 heavy (non-hydrogen) atoms. The molecule has 3 aromatic rings. The molecule has 0 radical (unpaired) electrons. The molecule has 0 bridgehead atoms. The first kappa shape index (κ1) is 25.6. The van der Waals surface area contributed by atoms with Crippen LogP contribution in [0, 0.1) is 6.92 Å². The summed E-state index contributed by atoms with van der Waals surface area (Å²) in [5.41, 5.74) is 0.928. The number of nitrogens with zero attached hydrogens (tertiary/aromatic N) is 3. The predicted molar refractivity (Wildman–Crippen MR) is 139 cm³/mol. The number of alkyl halides is 2. The lowest BCUT2D eigenvalue weighted by Crippen LogP contribution is -2.57. The van der Waals surface area contributed by atoms with Gasteiger partial charge in [0.05, 0.1) is 19.3 Å². The smallest absolute Gasteiger partial charge is 0.276 e. The maximum Gasteiger partial charge on any atom is 0.276 e. The van der Waals surface area contributed by atoms with Gasteiger partial charge in [0.25, 0.3) is 11.8 Å². The minimum atomic E-state index is -1.26. The second-order valence-electron chi connectivity index (χ2n) is 8.80. The highest BCUT2D eigenvalue weighted by Gasteiger charge is 2.34. The van der Waals surface area contributed by atoms with Crippen LogP contribution in [0.5, 0.6) is 5.75 Å². The van der Waals surface area contributed by atoms with Crippen LogP contribution in [0.1, 0.15) is 17.5 Å². The Morgan fingerprint density at radius 1 is 1.26 bits per heavy atom. The number of carbonyl (C=O) groups excluding carboxylic acids is 2. The molecule has 8 nitrogen and oxygen atoms in total. The molecule has 1 aromatic carbocycles. The second kappa shape index (κ2) is 11.1. The van der Waals surface area contributed by atoms with Gasteiger partial charge in [0, 0.05) is 23.7 Å². The normalized spacial score (nSPS) is 21.8. The number of hydrogen-bond acceptors (Lipinski definition) is 5. The van der Waals surface area contributed by atoms with E-state index >= 15 is 0 Å². The fourth-order valence-corrected chi connectivity index (χ4v) is 6.03. The molecule has 11 heteroatoms. The van der Waals surface area contributed by atoms with E-state index in [2.05, 4.69) is 15.6 Å². The van der Waals surface area contributed by atoms with E-state index in [4.69, 9.17) is 27.9 Å². The SMILES string of the molecule is Cc1cn2cccc(OC(NC(=O)C(Cl)NC(=O)C[N+]3(C)CCSC(Cl)C3)c3ccccc3)c2n1. The first-order valence-electron chi connectivity index (χ1n) is 11.2. The Morgan fingerprint density at radius 2 is 2.03 bits per heavy atom. The standard InChI is InChI=1S/C24H27Cl2N5O3S/c1-16-13-30-10-6-9-18(22(30)27-16)34-24(17-7-4-3-5-8-17)29-23(33)21(26)28-20(32)15-31(2)11-12-35-19(25)14-31/h3-10,13,19,21,24H,11-12,14-15H2,1-2H3,(H-,28,29,32,33)/p+1. The minimum absolute atomic E-state index is 0.0382. The predicted octanol–water partition coefficient (Wildman–Crippen LogP) is 3.28. The molecule has 2 aromatic heterocycles. The number of pyridine rings is 1. The highest BCUT2D eigenvalue weighted by molar-refractivity contribution is 8.01. The Balaban J connectivity index is 1.45. The van der Waals surface area contributed by atoms with Crippen molar-refractivity contribution >= 4 is 52.4 Å². The second-order valence-corrected chi connectivity index (χ2v) is 11.3. The van der Waals surface area contributed by atoms with Crippen molar-refractivity contribution in [2.24, 2.45) is 0 Å². The molecule has 3 heterocycles. The van der Waals surface area contributed by atoms with Gasteiger partial charge in [-0.15, -0.1) is 23.4 Å². The summed E-state index contributed by atoms with van der Waals surface area (Å²) in [4.78, 5) is 30.1. The van der Waals surface area contributed by atoms with Crippen molar-refractivity contribution in [3.63, 3.8) is 0 Å². The van der Waals surface area contributed by atoms with Crippen LogP contribution in [0.15, 0.2) is 54.9 Å². The number of thioether (sulfide) groups is 1. The Bertz CT molecular complexity index is 1190. The highest BCUT2D eigenvalue weighted by Crippen LogP contribution is 2.26. The molecule has 4 unspecified atom stereocenters. The van der Waals surface area contributed by atoms with E-state index in [0.717, 1.165) is 23.6 Å². The molecular weight excluding hydrogens is 509 g/mol. The minimum Gasteiger partial charge on any atom is -0.462 e. The number of rotatable bonds is 8. The Labute approximate surface area is 218 Å². The monoisotopic (exact) mass is 536 g/mol. The van der Waals surface area contributed by atoms with Crippen LogP contribution in [-0.4, -0.2) is 68.3 Å². The maximum absolute atomic E-state index is 13.0. The van der Waals surface area contributed by atoms with Crippen LogP contribution in [0.2, 0.25) is 0 Å². The number of likely N-dealkylation sites (N-methyl/N-ethyl adjacent to an activating group) is 1. The molecule has 4 atom stereocenters. The van der Waals surface area contributed by atoms with Gasteiger partial charge in [-0.05, 0) is 19.1 Å². The van der Waals surface area contributed by atoms with Gasteiger partial charge in [0.15, 0.2) is 29.7 Å². The summed E-state index contributed by atoms with van der Waals surface area (Å²) in [6.45, 7) is 3.58. The van der Waals surface area contributed by atoms with Gasteiger partial charge < -0.3 is 24.3 Å². The van der Waals surface area contributed by atoms with Crippen molar-refractivity contribution in [1.29, 1.82) is 0 Å². The zero-order valence-electron chi connectivity index (χ0n) is 19.5. The average Bonchev–Trinajstić information content (AvgIpc) is 3.19. The number of halogens is 2. The molecule has 1 saturated heterocycles. The van der Waals surface area contributed by atoms with Crippen molar-refractivity contribution in [1.82, 2.24) is 20.0 Å². The topological polar surface area (TPSA) is 84.7 Å². The molecule has 186 valence electrons. The third-order valence-electron chi connectivity index (χ3n) is 5.75. The van der Waals surface area contributed by atoms with E-state index in [1.807, 2.05) is 67.2 Å². The average molecular weight is 537 g/mol. The molecule has 2 amide bonds. The van der Waals surface area contributed by atoms with Crippen molar-refractivity contribution in [2.45, 2.75) is 23.4 Å². The lowest BCUT2D eigenvalue weighted by molar-refractivity contribution is -0.899. The van der Waals surface area contributed by atoms with Gasteiger partial charge >= 0.3 is 0 Å². The number of nitrogens with one attached hydrogen (secondary N) is 2. The van der Waals surface area contributed by atoms with Crippen LogP contribution in [0.4, 0.5) is 0 Å². The number of aromatic nitrogens is 2. The van der Waals surface area contributed by atoms with Crippen LogP contribution in [0.25, 0.3) is 5.65 Å². The highest BCUT2D eigenvalue weighted by atomic mass is 35.5. The number of amides is 2. The third-order valence-corrected chi connectivity index (χ3v) is 7.50. The van der Waals surface area contributed by atoms with Gasteiger partial charge in [-0.25, -0.2) is 4.98 Å². The van der Waals surface area contributed by atoms with Crippen LogP contribution in [0.3, 0.4) is 0 Å². The number of imidazole rings is 1. The first-order valence-corrected chi connectivity index (χ1v) is 13.1. The van der Waals surface area contributed by atoms with Gasteiger partial charge in [0.1, 0.15) is 11.3 Å². The first-order chi connectivity index (χ1) is 16.7. The van der Waals surface area contributed by atoms with E-state index in [9.17, 15) is 9.59 Å². The Hall–Kier alpha value is -2.46. The fraction of sp³-hybridized carbons (Fsp3) is 0.375. The molecule has 0 saturated carbocycles. The Morgan fingerprint density at radius 3 is 2.77 bits per heavy atom. The van der Waals surface area contributed by atoms with Gasteiger partial charge in [-0.2, -0.15) is 0 Å². The third kappa shape index (κ3) is 6.61. The zero-order valence-corrected chi connectivity index (χ0v) is 21.8. The summed E-state index contributed by atoms with van der Waals surface area (Å²) < 4.78 is 8.51. The van der Waals surface area contributed by atoms with Gasteiger partial charge in [-0.3, -0.25) is 9.59 Å². The van der Waals surface area contributed by atoms with E-state index in [1.54, 1.807) is 17.8 Å². The lowest BCUT2D eigenvalue weighted by atomic mass is 10.2. The van der Waals surface area contributed by atoms with Gasteiger partial charge in [-0.1, -0.05) is 41.9 Å². The van der Waals surface area contributed by atoms with Crippen LogP contribution < -0.4 is 15.4 Å². The quantitative estimate of drug-likeness (QED) is 0.200. The molecule has 1 fully saturated rings. The zero-order chi connectivity index (χ0) is 25.0. The molecule has 2 N–H and O–H groups in total. The number of benzene rings is 1.